The van der Waals surface area contributed by atoms with E-state index in [1.54, 1.807) is 0 Å². The Morgan fingerprint density at radius 2 is 2.25 bits per heavy atom. The van der Waals surface area contributed by atoms with Crippen molar-refractivity contribution < 1.29 is 9.47 Å². The molecule has 1 aromatic rings. The maximum Gasteiger partial charge on any atom is 0.0901 e. The summed E-state index contributed by atoms with van der Waals surface area (Å²) < 4.78 is 15.0. The molecule has 0 radical (unpaired) electrons. The van der Waals surface area contributed by atoms with E-state index in [4.69, 9.17) is 9.47 Å². The van der Waals surface area contributed by atoms with Gasteiger partial charge >= 0.3 is 0 Å². The van der Waals surface area contributed by atoms with Crippen molar-refractivity contribution in [2.45, 2.75) is 44.5 Å². The fourth-order valence-electron chi connectivity index (χ4n) is 3.17. The third-order valence-corrected chi connectivity index (χ3v) is 5.44. The average molecular weight is 344 g/mol. The molecule has 1 N–H and O–H groups in total. The fourth-order valence-corrected chi connectivity index (χ4v) is 3.62. The van der Waals surface area contributed by atoms with E-state index in [0.29, 0.717) is 13.2 Å². The van der Waals surface area contributed by atoms with Crippen molar-refractivity contribution in [2.24, 2.45) is 7.05 Å². The van der Waals surface area contributed by atoms with Crippen molar-refractivity contribution in [3.63, 3.8) is 0 Å². The van der Waals surface area contributed by atoms with Gasteiger partial charge in [0.05, 0.1) is 40.8 Å². The van der Waals surface area contributed by atoms with E-state index in [1.165, 1.54) is 0 Å². The lowest BCUT2D eigenvalue weighted by molar-refractivity contribution is -0.0243. The Kier molecular flexibility index (Phi) is 4.17. The number of nitrogens with zero attached hydrogens (tertiary/aromatic N) is 2. The summed E-state index contributed by atoms with van der Waals surface area (Å²) in [5, 5.41) is 7.78. The Bertz CT molecular complexity index is 483. The molecule has 0 aromatic carbocycles. The molecule has 5 nitrogen and oxygen atoms in total. The second-order valence-electron chi connectivity index (χ2n) is 5.85. The quantitative estimate of drug-likeness (QED) is 0.910. The molecular formula is C14H22BrN3O2. The van der Waals surface area contributed by atoms with E-state index in [1.807, 2.05) is 18.7 Å². The highest BCUT2D eigenvalue weighted by atomic mass is 79.9. The highest BCUT2D eigenvalue weighted by Gasteiger charge is 2.41. The van der Waals surface area contributed by atoms with Crippen LogP contribution < -0.4 is 5.32 Å². The summed E-state index contributed by atoms with van der Waals surface area (Å²) in [7, 11) is 1.95. The van der Waals surface area contributed by atoms with Crippen LogP contribution >= 0.6 is 15.9 Å². The van der Waals surface area contributed by atoms with Crippen molar-refractivity contribution in [3.8, 4) is 0 Å². The van der Waals surface area contributed by atoms with Crippen LogP contribution in [0.25, 0.3) is 0 Å². The summed E-state index contributed by atoms with van der Waals surface area (Å²) in [5.74, 6) is 0. The third kappa shape index (κ3) is 2.79. The normalized spacial score (nSPS) is 25.4. The molecule has 0 saturated carbocycles. The summed E-state index contributed by atoms with van der Waals surface area (Å²) in [4.78, 5) is 0. The van der Waals surface area contributed by atoms with Crippen molar-refractivity contribution >= 4 is 15.9 Å². The minimum atomic E-state index is 0.0650. The van der Waals surface area contributed by atoms with Gasteiger partial charge in [0.15, 0.2) is 0 Å². The lowest BCUT2D eigenvalue weighted by Crippen LogP contribution is -2.41. The first-order valence-corrected chi connectivity index (χ1v) is 8.03. The Balaban J connectivity index is 1.57. The van der Waals surface area contributed by atoms with Crippen LogP contribution in [0.3, 0.4) is 0 Å². The number of rotatable bonds is 3. The molecule has 3 rings (SSSR count). The van der Waals surface area contributed by atoms with E-state index < -0.39 is 0 Å². The maximum atomic E-state index is 6.06. The summed E-state index contributed by atoms with van der Waals surface area (Å²) in [5.41, 5.74) is 2.16. The Labute approximate surface area is 128 Å². The van der Waals surface area contributed by atoms with Gasteiger partial charge in [-0.2, -0.15) is 5.10 Å². The van der Waals surface area contributed by atoms with Crippen LogP contribution in [0.1, 0.15) is 30.7 Å². The number of aryl methyl sites for hydroxylation is 2. The summed E-state index contributed by atoms with van der Waals surface area (Å²) in [6.07, 6.45) is 3.42. The molecule has 1 spiro atoms. The second-order valence-corrected chi connectivity index (χ2v) is 6.64. The molecule has 2 aliphatic rings. The molecule has 6 heteroatoms. The summed E-state index contributed by atoms with van der Waals surface area (Å²) in [6.45, 7) is 5.41. The Morgan fingerprint density at radius 1 is 1.50 bits per heavy atom. The number of hydrogen-bond donors (Lipinski definition) is 1. The molecule has 112 valence electrons. The fraction of sp³-hybridized carbons (Fsp3) is 0.786. The van der Waals surface area contributed by atoms with Gasteiger partial charge in [0.25, 0.3) is 0 Å². The van der Waals surface area contributed by atoms with Crippen LogP contribution in [-0.2, 0) is 23.1 Å². The monoisotopic (exact) mass is 343 g/mol. The van der Waals surface area contributed by atoms with E-state index in [-0.39, 0.29) is 11.7 Å². The molecule has 0 aliphatic carbocycles. The lowest BCUT2D eigenvalue weighted by Gasteiger charge is -2.32. The minimum Gasteiger partial charge on any atom is -0.372 e. The topological polar surface area (TPSA) is 48.3 Å². The number of aromatic nitrogens is 2. The lowest BCUT2D eigenvalue weighted by atomic mass is 9.89. The Morgan fingerprint density at radius 3 is 2.90 bits per heavy atom. The third-order valence-electron chi connectivity index (χ3n) is 4.41. The smallest absolute Gasteiger partial charge is 0.0901 e. The van der Waals surface area contributed by atoms with Crippen LogP contribution in [-0.4, -0.2) is 41.2 Å². The SMILES string of the molecule is Cc1nn(C)c(COC2COC3(CCNCC3)C2)c1Br. The standard InChI is InChI=1S/C14H22BrN3O2/c1-10-13(15)12(18(2)17-10)9-19-11-7-14(20-8-11)3-5-16-6-4-14/h11,16H,3-9H2,1-2H3. The number of halogens is 1. The molecule has 3 heterocycles. The molecule has 2 aliphatic heterocycles. The van der Waals surface area contributed by atoms with Gasteiger partial charge in [-0.05, 0) is 48.8 Å². The average Bonchev–Trinajstić information content (AvgIpc) is 2.92. The van der Waals surface area contributed by atoms with E-state index in [2.05, 4.69) is 26.3 Å². The van der Waals surface area contributed by atoms with E-state index in [9.17, 15) is 0 Å². The first-order chi connectivity index (χ1) is 9.60. The second kappa shape index (κ2) is 5.75. The zero-order chi connectivity index (χ0) is 14.2. The van der Waals surface area contributed by atoms with Gasteiger partial charge in [0, 0.05) is 13.5 Å². The number of ether oxygens (including phenoxy) is 2. The van der Waals surface area contributed by atoms with Gasteiger partial charge in [-0.3, -0.25) is 4.68 Å². The molecule has 1 atom stereocenters. The Hall–Kier alpha value is -0.430. The highest BCUT2D eigenvalue weighted by Crippen LogP contribution is 2.35. The molecule has 0 bridgehead atoms. The predicted molar refractivity (Wildman–Crippen MR) is 79.6 cm³/mol. The molecule has 1 unspecified atom stereocenters. The summed E-state index contributed by atoms with van der Waals surface area (Å²) >= 11 is 3.58. The zero-order valence-corrected chi connectivity index (χ0v) is 13.7. The number of piperidine rings is 1. The van der Waals surface area contributed by atoms with Gasteiger partial charge in [-0.25, -0.2) is 0 Å². The zero-order valence-electron chi connectivity index (χ0n) is 12.1. The maximum absolute atomic E-state index is 6.06. The van der Waals surface area contributed by atoms with Crippen LogP contribution in [0.5, 0.6) is 0 Å². The molecule has 2 fully saturated rings. The molecule has 20 heavy (non-hydrogen) atoms. The molecular weight excluding hydrogens is 322 g/mol. The molecule has 0 amide bonds. The minimum absolute atomic E-state index is 0.0650. The van der Waals surface area contributed by atoms with E-state index >= 15 is 0 Å². The van der Waals surface area contributed by atoms with Crippen molar-refractivity contribution in [2.75, 3.05) is 19.7 Å². The number of nitrogens with one attached hydrogen (secondary N) is 1. The first-order valence-electron chi connectivity index (χ1n) is 7.24. The first kappa shape index (κ1) is 14.5. The van der Waals surface area contributed by atoms with Crippen LogP contribution in [0.15, 0.2) is 4.47 Å². The van der Waals surface area contributed by atoms with Crippen LogP contribution in [0, 0.1) is 6.92 Å². The van der Waals surface area contributed by atoms with Crippen molar-refractivity contribution in [3.05, 3.63) is 15.9 Å². The molecule has 1 aromatic heterocycles. The van der Waals surface area contributed by atoms with Crippen molar-refractivity contribution in [1.29, 1.82) is 0 Å². The summed E-state index contributed by atoms with van der Waals surface area (Å²) in [6, 6.07) is 0. The highest BCUT2D eigenvalue weighted by molar-refractivity contribution is 9.10. The number of hydrogen-bond acceptors (Lipinski definition) is 4. The van der Waals surface area contributed by atoms with Gasteiger partial charge in [-0.15, -0.1) is 0 Å². The van der Waals surface area contributed by atoms with Crippen LogP contribution in [0.4, 0.5) is 0 Å². The van der Waals surface area contributed by atoms with E-state index in [0.717, 1.165) is 48.2 Å². The largest absolute Gasteiger partial charge is 0.372 e. The predicted octanol–water partition coefficient (Wildman–Crippen LogP) is 1.92. The van der Waals surface area contributed by atoms with Gasteiger partial charge in [0.2, 0.25) is 0 Å². The van der Waals surface area contributed by atoms with Crippen molar-refractivity contribution in [1.82, 2.24) is 15.1 Å². The van der Waals surface area contributed by atoms with Gasteiger partial charge < -0.3 is 14.8 Å². The van der Waals surface area contributed by atoms with Gasteiger partial charge in [0.1, 0.15) is 0 Å². The van der Waals surface area contributed by atoms with Crippen LogP contribution in [0.2, 0.25) is 0 Å². The molecule has 2 saturated heterocycles. The van der Waals surface area contributed by atoms with Gasteiger partial charge in [-0.1, -0.05) is 0 Å².